The number of thiophene rings is 1. The number of carbonyl (C=O) groups is 1. The van der Waals surface area contributed by atoms with Crippen molar-refractivity contribution in [3.8, 4) is 0 Å². The van der Waals surface area contributed by atoms with Crippen molar-refractivity contribution in [2.75, 3.05) is 38.0 Å². The maximum absolute atomic E-state index is 12.5. The van der Waals surface area contributed by atoms with E-state index in [2.05, 4.69) is 28.4 Å². The van der Waals surface area contributed by atoms with E-state index in [1.165, 1.54) is 16.8 Å². The van der Waals surface area contributed by atoms with E-state index in [4.69, 9.17) is 0 Å². The predicted molar refractivity (Wildman–Crippen MR) is 98.8 cm³/mol. The first-order valence-corrected chi connectivity index (χ1v) is 9.64. The molecule has 4 nitrogen and oxygen atoms in total. The van der Waals surface area contributed by atoms with E-state index in [0.29, 0.717) is 0 Å². The Morgan fingerprint density at radius 3 is 3.00 bits per heavy atom. The van der Waals surface area contributed by atoms with Gasteiger partial charge in [-0.3, -0.25) is 9.69 Å². The number of carbonyl (C=O) groups excluding carboxylic acids is 1. The number of nitrogens with zero attached hydrogens (tertiary/aromatic N) is 2. The summed E-state index contributed by atoms with van der Waals surface area (Å²) < 4.78 is 0. The highest BCUT2D eigenvalue weighted by Gasteiger charge is 2.22. The summed E-state index contributed by atoms with van der Waals surface area (Å²) in [5.74, 6) is 0.181. The Labute approximate surface area is 147 Å². The van der Waals surface area contributed by atoms with E-state index in [1.807, 2.05) is 21.7 Å². The molecule has 0 spiro atoms. The Morgan fingerprint density at radius 1 is 1.17 bits per heavy atom. The van der Waals surface area contributed by atoms with Gasteiger partial charge in [0.1, 0.15) is 0 Å². The van der Waals surface area contributed by atoms with Crippen molar-refractivity contribution in [3.63, 3.8) is 0 Å². The van der Waals surface area contributed by atoms with Gasteiger partial charge in [-0.2, -0.15) is 11.3 Å². The van der Waals surface area contributed by atoms with Crippen LogP contribution in [0.3, 0.4) is 0 Å². The van der Waals surface area contributed by atoms with Crippen LogP contribution in [0.1, 0.15) is 27.9 Å². The number of fused-ring (bicyclic) bond motifs is 1. The van der Waals surface area contributed by atoms with E-state index in [1.54, 1.807) is 11.3 Å². The van der Waals surface area contributed by atoms with Crippen molar-refractivity contribution in [1.82, 2.24) is 9.80 Å². The lowest BCUT2D eigenvalue weighted by atomic mass is 10.1. The van der Waals surface area contributed by atoms with Gasteiger partial charge in [0.05, 0.1) is 5.56 Å². The lowest BCUT2D eigenvalue weighted by molar-refractivity contribution is 0.0761. The number of amides is 1. The average molecular weight is 341 g/mol. The highest BCUT2D eigenvalue weighted by atomic mass is 32.1. The molecule has 2 aromatic rings. The summed E-state index contributed by atoms with van der Waals surface area (Å²) >= 11 is 1.59. The molecule has 126 valence electrons. The van der Waals surface area contributed by atoms with Gasteiger partial charge < -0.3 is 10.2 Å². The predicted octanol–water partition coefficient (Wildman–Crippen LogP) is 3.06. The summed E-state index contributed by atoms with van der Waals surface area (Å²) in [4.78, 5) is 17.0. The SMILES string of the molecule is O=C(c1ccsc1)N1CCCN(Cc2cccc3c2NCC3)CC1. The molecule has 1 saturated heterocycles. The second-order valence-corrected chi connectivity index (χ2v) is 7.34. The molecule has 2 aliphatic heterocycles. The molecule has 0 atom stereocenters. The zero-order chi connectivity index (χ0) is 16.4. The van der Waals surface area contributed by atoms with Crippen LogP contribution in [0.15, 0.2) is 35.0 Å². The van der Waals surface area contributed by atoms with Gasteiger partial charge in [0.15, 0.2) is 0 Å². The fourth-order valence-electron chi connectivity index (χ4n) is 3.68. The molecule has 1 N–H and O–H groups in total. The van der Waals surface area contributed by atoms with Crippen molar-refractivity contribution < 1.29 is 4.79 Å². The van der Waals surface area contributed by atoms with Crippen LogP contribution >= 0.6 is 11.3 Å². The molecule has 1 aromatic heterocycles. The van der Waals surface area contributed by atoms with Crippen molar-refractivity contribution in [3.05, 3.63) is 51.7 Å². The Balaban J connectivity index is 1.40. The van der Waals surface area contributed by atoms with E-state index in [0.717, 1.165) is 57.7 Å². The number of para-hydroxylation sites is 1. The first-order valence-electron chi connectivity index (χ1n) is 8.70. The lowest BCUT2D eigenvalue weighted by Crippen LogP contribution is -2.34. The number of nitrogens with one attached hydrogen (secondary N) is 1. The van der Waals surface area contributed by atoms with Crippen LogP contribution in [-0.4, -0.2) is 48.4 Å². The first kappa shape index (κ1) is 15.7. The topological polar surface area (TPSA) is 35.6 Å². The summed E-state index contributed by atoms with van der Waals surface area (Å²) in [6.45, 7) is 5.69. The molecule has 0 radical (unpaired) electrons. The van der Waals surface area contributed by atoms with Crippen LogP contribution in [0.5, 0.6) is 0 Å². The van der Waals surface area contributed by atoms with Crippen molar-refractivity contribution in [1.29, 1.82) is 0 Å². The molecule has 4 rings (SSSR count). The number of benzene rings is 1. The van der Waals surface area contributed by atoms with Crippen LogP contribution in [0, 0.1) is 0 Å². The second-order valence-electron chi connectivity index (χ2n) is 6.56. The summed E-state index contributed by atoms with van der Waals surface area (Å²) in [7, 11) is 0. The zero-order valence-corrected chi connectivity index (χ0v) is 14.6. The molecule has 1 aromatic carbocycles. The van der Waals surface area contributed by atoms with Crippen LogP contribution < -0.4 is 5.32 Å². The summed E-state index contributed by atoms with van der Waals surface area (Å²) in [6.07, 6.45) is 2.17. The van der Waals surface area contributed by atoms with E-state index in [9.17, 15) is 4.79 Å². The Morgan fingerprint density at radius 2 is 2.12 bits per heavy atom. The Bertz CT molecular complexity index is 713. The van der Waals surface area contributed by atoms with E-state index >= 15 is 0 Å². The molecule has 24 heavy (non-hydrogen) atoms. The van der Waals surface area contributed by atoms with Crippen molar-refractivity contribution >= 4 is 22.9 Å². The standard InChI is InChI=1S/C19H23N3OS/c23-19(17-6-12-24-14-17)22-9-2-8-21(10-11-22)13-16-4-1-3-15-5-7-20-18(15)16/h1,3-4,6,12,14,20H,2,5,7-11,13H2. The van der Waals surface area contributed by atoms with Crippen LogP contribution in [0.2, 0.25) is 0 Å². The Kier molecular flexibility index (Phi) is 4.54. The summed E-state index contributed by atoms with van der Waals surface area (Å²) in [5.41, 5.74) is 5.01. The minimum atomic E-state index is 0.181. The molecule has 1 fully saturated rings. The molecule has 0 unspecified atom stereocenters. The van der Waals surface area contributed by atoms with Gasteiger partial charge in [0, 0.05) is 50.3 Å². The highest BCUT2D eigenvalue weighted by molar-refractivity contribution is 7.08. The van der Waals surface area contributed by atoms with E-state index < -0.39 is 0 Å². The third kappa shape index (κ3) is 3.19. The van der Waals surface area contributed by atoms with Gasteiger partial charge in [0.2, 0.25) is 0 Å². The number of rotatable bonds is 3. The minimum Gasteiger partial charge on any atom is -0.384 e. The molecule has 3 heterocycles. The lowest BCUT2D eigenvalue weighted by Gasteiger charge is -2.22. The molecule has 5 heteroatoms. The minimum absolute atomic E-state index is 0.181. The van der Waals surface area contributed by atoms with Crippen LogP contribution in [-0.2, 0) is 13.0 Å². The summed E-state index contributed by atoms with van der Waals surface area (Å²) in [6, 6.07) is 8.55. The van der Waals surface area contributed by atoms with Gasteiger partial charge in [-0.05, 0) is 35.4 Å². The molecule has 0 bridgehead atoms. The molecule has 0 saturated carbocycles. The molecular formula is C19H23N3OS. The first-order chi connectivity index (χ1) is 11.8. The van der Waals surface area contributed by atoms with Gasteiger partial charge in [-0.25, -0.2) is 0 Å². The monoisotopic (exact) mass is 341 g/mol. The maximum Gasteiger partial charge on any atom is 0.254 e. The number of hydrogen-bond acceptors (Lipinski definition) is 4. The van der Waals surface area contributed by atoms with E-state index in [-0.39, 0.29) is 5.91 Å². The maximum atomic E-state index is 12.5. The molecule has 2 aliphatic rings. The smallest absolute Gasteiger partial charge is 0.254 e. The van der Waals surface area contributed by atoms with Crippen LogP contribution in [0.25, 0.3) is 0 Å². The normalized spacial score (nSPS) is 18.1. The average Bonchev–Trinajstić information content (AvgIpc) is 3.24. The van der Waals surface area contributed by atoms with Gasteiger partial charge >= 0.3 is 0 Å². The summed E-state index contributed by atoms with van der Waals surface area (Å²) in [5, 5.41) is 7.45. The Hall–Kier alpha value is -1.85. The fourth-order valence-corrected chi connectivity index (χ4v) is 4.31. The largest absolute Gasteiger partial charge is 0.384 e. The third-order valence-electron chi connectivity index (χ3n) is 4.97. The second kappa shape index (κ2) is 6.95. The van der Waals surface area contributed by atoms with Gasteiger partial charge in [-0.1, -0.05) is 18.2 Å². The van der Waals surface area contributed by atoms with Crippen LogP contribution in [0.4, 0.5) is 5.69 Å². The number of hydrogen-bond donors (Lipinski definition) is 1. The molecule has 0 aliphatic carbocycles. The fraction of sp³-hybridized carbons (Fsp3) is 0.421. The highest BCUT2D eigenvalue weighted by Crippen LogP contribution is 2.27. The van der Waals surface area contributed by atoms with Crippen molar-refractivity contribution in [2.45, 2.75) is 19.4 Å². The van der Waals surface area contributed by atoms with Gasteiger partial charge in [-0.15, -0.1) is 0 Å². The molecular weight excluding hydrogens is 318 g/mol. The quantitative estimate of drug-likeness (QED) is 0.932. The zero-order valence-electron chi connectivity index (χ0n) is 13.8. The third-order valence-corrected chi connectivity index (χ3v) is 5.65. The number of anilines is 1. The van der Waals surface area contributed by atoms with Crippen molar-refractivity contribution in [2.24, 2.45) is 0 Å². The molecule has 1 amide bonds. The van der Waals surface area contributed by atoms with Gasteiger partial charge in [0.25, 0.3) is 5.91 Å².